The fourth-order valence-electron chi connectivity index (χ4n) is 1.31. The SMILES string of the molecule is CCCn1cc(NC(=O)C(C)C)ccc1=O. The Labute approximate surface area is 95.3 Å². The lowest BCUT2D eigenvalue weighted by molar-refractivity contribution is -0.118. The maximum atomic E-state index is 11.5. The quantitative estimate of drug-likeness (QED) is 0.845. The van der Waals surface area contributed by atoms with Gasteiger partial charge in [0.25, 0.3) is 5.56 Å². The third kappa shape index (κ3) is 3.22. The number of pyridine rings is 1. The van der Waals surface area contributed by atoms with E-state index in [1.807, 2.05) is 20.8 Å². The fraction of sp³-hybridized carbons (Fsp3) is 0.500. The lowest BCUT2D eigenvalue weighted by atomic mass is 10.2. The van der Waals surface area contributed by atoms with Crippen molar-refractivity contribution in [3.8, 4) is 0 Å². The Balaban J connectivity index is 2.86. The molecule has 16 heavy (non-hydrogen) atoms. The summed E-state index contributed by atoms with van der Waals surface area (Å²) in [5.74, 6) is -0.103. The second-order valence-corrected chi connectivity index (χ2v) is 4.09. The molecule has 0 saturated carbocycles. The molecule has 88 valence electrons. The Hall–Kier alpha value is -1.58. The van der Waals surface area contributed by atoms with E-state index in [9.17, 15) is 9.59 Å². The van der Waals surface area contributed by atoms with Crippen LogP contribution in [0.3, 0.4) is 0 Å². The van der Waals surface area contributed by atoms with Crippen molar-refractivity contribution in [1.29, 1.82) is 0 Å². The molecule has 0 bridgehead atoms. The maximum Gasteiger partial charge on any atom is 0.250 e. The van der Waals surface area contributed by atoms with Crippen LogP contribution in [0.2, 0.25) is 0 Å². The molecule has 4 nitrogen and oxygen atoms in total. The fourth-order valence-corrected chi connectivity index (χ4v) is 1.31. The van der Waals surface area contributed by atoms with E-state index < -0.39 is 0 Å². The Bertz CT molecular complexity index is 421. The van der Waals surface area contributed by atoms with Crippen molar-refractivity contribution in [3.63, 3.8) is 0 Å². The Kier molecular flexibility index (Phi) is 4.28. The number of aromatic nitrogens is 1. The lowest BCUT2D eigenvalue weighted by Gasteiger charge is -2.10. The summed E-state index contributed by atoms with van der Waals surface area (Å²) >= 11 is 0. The molecular formula is C12H18N2O2. The highest BCUT2D eigenvalue weighted by Gasteiger charge is 2.07. The number of amides is 1. The topological polar surface area (TPSA) is 51.1 Å². The number of anilines is 1. The smallest absolute Gasteiger partial charge is 0.250 e. The van der Waals surface area contributed by atoms with Crippen molar-refractivity contribution in [2.45, 2.75) is 33.7 Å². The summed E-state index contributed by atoms with van der Waals surface area (Å²) < 4.78 is 1.61. The van der Waals surface area contributed by atoms with Crippen LogP contribution in [0.1, 0.15) is 27.2 Å². The Morgan fingerprint density at radius 2 is 2.12 bits per heavy atom. The van der Waals surface area contributed by atoms with Gasteiger partial charge in [-0.25, -0.2) is 0 Å². The van der Waals surface area contributed by atoms with Crippen LogP contribution in [-0.2, 0) is 11.3 Å². The van der Waals surface area contributed by atoms with E-state index in [1.54, 1.807) is 16.8 Å². The molecule has 1 N–H and O–H groups in total. The van der Waals surface area contributed by atoms with Gasteiger partial charge in [0, 0.05) is 24.7 Å². The average Bonchev–Trinajstić information content (AvgIpc) is 2.23. The zero-order valence-electron chi connectivity index (χ0n) is 9.99. The van der Waals surface area contributed by atoms with Gasteiger partial charge in [0.05, 0.1) is 5.69 Å². The van der Waals surface area contributed by atoms with Gasteiger partial charge in [0.1, 0.15) is 0 Å². The van der Waals surface area contributed by atoms with E-state index in [0.717, 1.165) is 6.42 Å². The van der Waals surface area contributed by atoms with Crippen molar-refractivity contribution in [1.82, 2.24) is 4.57 Å². The van der Waals surface area contributed by atoms with Gasteiger partial charge in [-0.3, -0.25) is 9.59 Å². The van der Waals surface area contributed by atoms with Crippen LogP contribution in [0.15, 0.2) is 23.1 Å². The van der Waals surface area contributed by atoms with Crippen LogP contribution in [0.4, 0.5) is 5.69 Å². The number of nitrogens with zero attached hydrogens (tertiary/aromatic N) is 1. The second kappa shape index (κ2) is 5.49. The molecule has 1 aromatic heterocycles. The number of carbonyl (C=O) groups is 1. The van der Waals surface area contributed by atoms with E-state index in [4.69, 9.17) is 0 Å². The summed E-state index contributed by atoms with van der Waals surface area (Å²) in [6.07, 6.45) is 2.58. The van der Waals surface area contributed by atoms with Gasteiger partial charge in [-0.2, -0.15) is 0 Å². The van der Waals surface area contributed by atoms with Crippen molar-refractivity contribution in [2.24, 2.45) is 5.92 Å². The minimum absolute atomic E-state index is 0.0376. The largest absolute Gasteiger partial charge is 0.325 e. The first-order valence-corrected chi connectivity index (χ1v) is 5.56. The molecule has 4 heteroatoms. The van der Waals surface area contributed by atoms with Crippen molar-refractivity contribution in [3.05, 3.63) is 28.7 Å². The molecule has 0 aliphatic carbocycles. The summed E-state index contributed by atoms with van der Waals surface area (Å²) in [4.78, 5) is 22.9. The molecule has 0 atom stereocenters. The van der Waals surface area contributed by atoms with Gasteiger partial charge in [-0.05, 0) is 12.5 Å². The molecule has 0 aromatic carbocycles. The van der Waals surface area contributed by atoms with Crippen LogP contribution >= 0.6 is 0 Å². The summed E-state index contributed by atoms with van der Waals surface area (Å²) in [6.45, 7) is 6.34. The maximum absolute atomic E-state index is 11.5. The summed E-state index contributed by atoms with van der Waals surface area (Å²) in [5.41, 5.74) is 0.635. The lowest BCUT2D eigenvalue weighted by Crippen LogP contribution is -2.22. The first-order chi connectivity index (χ1) is 7.54. The summed E-state index contributed by atoms with van der Waals surface area (Å²) in [5, 5.41) is 2.77. The van der Waals surface area contributed by atoms with Crippen LogP contribution < -0.4 is 10.9 Å². The first-order valence-electron chi connectivity index (χ1n) is 5.56. The molecule has 1 amide bonds. The average molecular weight is 222 g/mol. The van der Waals surface area contributed by atoms with Crippen molar-refractivity contribution >= 4 is 11.6 Å². The zero-order valence-corrected chi connectivity index (χ0v) is 9.99. The molecule has 0 aliphatic rings. The monoisotopic (exact) mass is 222 g/mol. The minimum atomic E-state index is -0.0634. The van der Waals surface area contributed by atoms with E-state index >= 15 is 0 Å². The molecule has 0 aliphatic heterocycles. The van der Waals surface area contributed by atoms with E-state index in [2.05, 4.69) is 5.32 Å². The molecular weight excluding hydrogens is 204 g/mol. The molecule has 0 radical (unpaired) electrons. The molecule has 1 heterocycles. The van der Waals surface area contributed by atoms with Gasteiger partial charge in [0.15, 0.2) is 0 Å². The highest BCUT2D eigenvalue weighted by Crippen LogP contribution is 2.06. The number of rotatable bonds is 4. The van der Waals surface area contributed by atoms with Crippen LogP contribution in [0.25, 0.3) is 0 Å². The van der Waals surface area contributed by atoms with E-state index in [-0.39, 0.29) is 17.4 Å². The molecule has 0 fully saturated rings. The van der Waals surface area contributed by atoms with Crippen LogP contribution in [0.5, 0.6) is 0 Å². The van der Waals surface area contributed by atoms with E-state index in [0.29, 0.717) is 12.2 Å². The normalized spacial score (nSPS) is 10.5. The Morgan fingerprint density at radius 1 is 1.44 bits per heavy atom. The molecule has 0 unspecified atom stereocenters. The third-order valence-corrected chi connectivity index (χ3v) is 2.24. The van der Waals surface area contributed by atoms with Gasteiger partial charge < -0.3 is 9.88 Å². The zero-order chi connectivity index (χ0) is 12.1. The highest BCUT2D eigenvalue weighted by molar-refractivity contribution is 5.91. The molecule has 0 saturated heterocycles. The van der Waals surface area contributed by atoms with E-state index in [1.165, 1.54) is 6.07 Å². The molecule has 1 rings (SSSR count). The van der Waals surface area contributed by atoms with Crippen LogP contribution in [-0.4, -0.2) is 10.5 Å². The predicted octanol–water partition coefficient (Wildman–Crippen LogP) is 1.85. The number of carbonyl (C=O) groups excluding carboxylic acids is 1. The third-order valence-electron chi connectivity index (χ3n) is 2.24. The highest BCUT2D eigenvalue weighted by atomic mass is 16.2. The minimum Gasteiger partial charge on any atom is -0.325 e. The van der Waals surface area contributed by atoms with Gasteiger partial charge in [0.2, 0.25) is 5.91 Å². The molecule has 0 spiro atoms. The summed E-state index contributed by atoms with van der Waals surface area (Å²) in [7, 11) is 0. The predicted molar refractivity (Wildman–Crippen MR) is 64.5 cm³/mol. The van der Waals surface area contributed by atoms with Gasteiger partial charge in [-0.1, -0.05) is 20.8 Å². The second-order valence-electron chi connectivity index (χ2n) is 4.09. The number of hydrogen-bond donors (Lipinski definition) is 1. The number of nitrogens with one attached hydrogen (secondary N) is 1. The van der Waals surface area contributed by atoms with Crippen molar-refractivity contribution < 1.29 is 4.79 Å². The summed E-state index contributed by atoms with van der Waals surface area (Å²) in [6, 6.07) is 3.11. The van der Waals surface area contributed by atoms with Crippen molar-refractivity contribution in [2.75, 3.05) is 5.32 Å². The number of hydrogen-bond acceptors (Lipinski definition) is 2. The van der Waals surface area contributed by atoms with Gasteiger partial charge in [-0.15, -0.1) is 0 Å². The standard InChI is InChI=1S/C12H18N2O2/c1-4-7-14-8-10(5-6-11(14)15)13-12(16)9(2)3/h5-6,8-9H,4,7H2,1-3H3,(H,13,16). The first kappa shape index (κ1) is 12.5. The molecule has 1 aromatic rings. The van der Waals surface area contributed by atoms with Crippen LogP contribution in [0, 0.1) is 5.92 Å². The number of aryl methyl sites for hydroxylation is 1. The Morgan fingerprint density at radius 3 is 2.69 bits per heavy atom. The van der Waals surface area contributed by atoms with Gasteiger partial charge >= 0.3 is 0 Å².